The van der Waals surface area contributed by atoms with Crippen LogP contribution in [0.5, 0.6) is 0 Å². The summed E-state index contributed by atoms with van der Waals surface area (Å²) >= 11 is 5.49. The Bertz CT molecular complexity index is 1020. The van der Waals surface area contributed by atoms with Crippen LogP contribution >= 0.6 is 27.7 Å². The molecular weight excluding hydrogens is 432 g/mol. The third kappa shape index (κ3) is 2.99. The number of benzene rings is 1. The summed E-state index contributed by atoms with van der Waals surface area (Å²) in [6.45, 7) is 2.27. The number of hydrogen-bond acceptors (Lipinski definition) is 4. The Kier molecular flexibility index (Phi) is 4.77. The topological polar surface area (TPSA) is 33.4 Å². The molecule has 0 saturated carbocycles. The van der Waals surface area contributed by atoms with Crippen LogP contribution in [-0.2, 0) is 0 Å². The van der Waals surface area contributed by atoms with Crippen molar-refractivity contribution < 1.29 is 0 Å². The number of hydrogen-bond donors (Lipinski definition) is 0. The van der Waals surface area contributed by atoms with Crippen LogP contribution in [0, 0.1) is 0 Å². The zero-order chi connectivity index (χ0) is 19.1. The molecule has 0 N–H and O–H groups in total. The van der Waals surface area contributed by atoms with E-state index in [1.807, 2.05) is 24.0 Å². The van der Waals surface area contributed by atoms with E-state index in [-0.39, 0.29) is 12.1 Å². The van der Waals surface area contributed by atoms with Crippen molar-refractivity contribution in [3.05, 3.63) is 82.9 Å². The zero-order valence-electron chi connectivity index (χ0n) is 15.6. The number of pyridine rings is 1. The van der Waals surface area contributed by atoms with Crippen molar-refractivity contribution >= 4 is 32.9 Å². The summed E-state index contributed by atoms with van der Waals surface area (Å²) in [7, 11) is 0. The SMILES string of the molecule is CC[C@H]1CSC2=N[C@H](c3ccccn3)[C@@H](c3cccn3-c3cccc(Br)c3)N21. The molecule has 1 fully saturated rings. The van der Waals surface area contributed by atoms with Gasteiger partial charge in [-0.2, -0.15) is 0 Å². The molecule has 3 atom stereocenters. The fraction of sp³-hybridized carbons (Fsp3) is 0.273. The van der Waals surface area contributed by atoms with E-state index in [4.69, 9.17) is 4.99 Å². The minimum Gasteiger partial charge on any atom is -0.337 e. The first kappa shape index (κ1) is 18.0. The van der Waals surface area contributed by atoms with Gasteiger partial charge in [0.1, 0.15) is 12.1 Å². The summed E-state index contributed by atoms with van der Waals surface area (Å²) in [5, 5.41) is 1.16. The van der Waals surface area contributed by atoms with Gasteiger partial charge in [0.2, 0.25) is 0 Å². The molecule has 142 valence electrons. The number of aromatic nitrogens is 2. The van der Waals surface area contributed by atoms with Crippen LogP contribution in [-0.4, -0.2) is 31.4 Å². The van der Waals surface area contributed by atoms with Gasteiger partial charge in [0, 0.05) is 40.0 Å². The molecule has 5 rings (SSSR count). The standard InChI is InChI=1S/C22H21BrN4S/c1-2-16-14-28-22-25-20(18-9-3-4-11-24-18)21(27(16)22)19-10-6-12-26(19)17-8-5-7-15(23)13-17/h3-13,16,20-21H,2,14H2,1H3/t16-,20+,21+/m0/s1. The highest BCUT2D eigenvalue weighted by Gasteiger charge is 2.46. The fourth-order valence-electron chi connectivity index (χ4n) is 4.17. The van der Waals surface area contributed by atoms with Crippen LogP contribution in [0.2, 0.25) is 0 Å². The van der Waals surface area contributed by atoms with Crippen molar-refractivity contribution in [2.75, 3.05) is 5.75 Å². The number of amidine groups is 1. The van der Waals surface area contributed by atoms with Gasteiger partial charge in [-0.05, 0) is 48.9 Å². The number of thioether (sulfide) groups is 1. The number of rotatable bonds is 4. The lowest BCUT2D eigenvalue weighted by Gasteiger charge is -2.32. The van der Waals surface area contributed by atoms with Crippen LogP contribution < -0.4 is 0 Å². The van der Waals surface area contributed by atoms with E-state index in [0.29, 0.717) is 6.04 Å². The van der Waals surface area contributed by atoms with Crippen molar-refractivity contribution in [3.8, 4) is 5.69 Å². The Labute approximate surface area is 177 Å². The maximum Gasteiger partial charge on any atom is 0.160 e. The Balaban J connectivity index is 1.63. The largest absolute Gasteiger partial charge is 0.337 e. The molecule has 28 heavy (non-hydrogen) atoms. The summed E-state index contributed by atoms with van der Waals surface area (Å²) in [5.41, 5.74) is 3.45. The highest BCUT2D eigenvalue weighted by molar-refractivity contribution is 9.10. The van der Waals surface area contributed by atoms with Gasteiger partial charge < -0.3 is 9.47 Å². The van der Waals surface area contributed by atoms with Crippen molar-refractivity contribution in [3.63, 3.8) is 0 Å². The third-order valence-electron chi connectivity index (χ3n) is 5.50. The van der Waals surface area contributed by atoms with Crippen LogP contribution in [0.1, 0.15) is 36.8 Å². The average molecular weight is 453 g/mol. The normalized spacial score (nSPS) is 23.7. The maximum absolute atomic E-state index is 5.13. The molecule has 4 heterocycles. The third-order valence-corrected chi connectivity index (χ3v) is 7.12. The van der Waals surface area contributed by atoms with Gasteiger partial charge in [0.05, 0.1) is 5.69 Å². The van der Waals surface area contributed by atoms with Gasteiger partial charge >= 0.3 is 0 Å². The lowest BCUT2D eigenvalue weighted by atomic mass is 9.99. The van der Waals surface area contributed by atoms with Crippen molar-refractivity contribution in [1.29, 1.82) is 0 Å². The quantitative estimate of drug-likeness (QED) is 0.515. The van der Waals surface area contributed by atoms with Gasteiger partial charge in [-0.25, -0.2) is 0 Å². The van der Waals surface area contributed by atoms with Crippen LogP contribution in [0.25, 0.3) is 5.69 Å². The minimum atomic E-state index is 0.0128. The van der Waals surface area contributed by atoms with Gasteiger partial charge in [-0.1, -0.05) is 46.7 Å². The number of fused-ring (bicyclic) bond motifs is 1. The molecule has 3 aromatic rings. The van der Waals surface area contributed by atoms with E-state index in [9.17, 15) is 0 Å². The van der Waals surface area contributed by atoms with E-state index in [1.54, 1.807) is 0 Å². The van der Waals surface area contributed by atoms with Crippen LogP contribution in [0.3, 0.4) is 0 Å². The molecular formula is C22H21BrN4S. The van der Waals surface area contributed by atoms with Crippen LogP contribution in [0.15, 0.2) is 76.5 Å². The predicted molar refractivity (Wildman–Crippen MR) is 119 cm³/mol. The van der Waals surface area contributed by atoms with E-state index in [2.05, 4.69) is 92.0 Å². The molecule has 0 unspecified atom stereocenters. The second-order valence-corrected chi connectivity index (χ2v) is 9.02. The highest BCUT2D eigenvalue weighted by Crippen LogP contribution is 2.48. The zero-order valence-corrected chi connectivity index (χ0v) is 18.0. The van der Waals surface area contributed by atoms with Crippen molar-refractivity contribution in [2.24, 2.45) is 4.99 Å². The van der Waals surface area contributed by atoms with E-state index >= 15 is 0 Å². The molecule has 4 nitrogen and oxygen atoms in total. The second-order valence-electron chi connectivity index (χ2n) is 7.12. The summed E-state index contributed by atoms with van der Waals surface area (Å²) in [5.74, 6) is 1.11. The lowest BCUT2D eigenvalue weighted by Crippen LogP contribution is -2.36. The lowest BCUT2D eigenvalue weighted by molar-refractivity contribution is 0.249. The van der Waals surface area contributed by atoms with Gasteiger partial charge in [-0.15, -0.1) is 0 Å². The Morgan fingerprint density at radius 1 is 1.14 bits per heavy atom. The highest BCUT2D eigenvalue weighted by atomic mass is 79.9. The average Bonchev–Trinajstić information content (AvgIpc) is 3.43. The minimum absolute atomic E-state index is 0.0128. The van der Waals surface area contributed by atoms with E-state index in [1.165, 1.54) is 5.69 Å². The first-order chi connectivity index (χ1) is 13.8. The Hall–Kier alpha value is -2.05. The summed E-state index contributed by atoms with van der Waals surface area (Å²) < 4.78 is 3.37. The number of halogens is 1. The number of nitrogens with zero attached hydrogens (tertiary/aromatic N) is 4. The first-order valence-corrected chi connectivity index (χ1v) is 11.4. The first-order valence-electron chi connectivity index (χ1n) is 9.59. The van der Waals surface area contributed by atoms with Crippen molar-refractivity contribution in [2.45, 2.75) is 31.5 Å². The molecule has 0 bridgehead atoms. The second kappa shape index (κ2) is 7.41. The van der Waals surface area contributed by atoms with Crippen LogP contribution in [0.4, 0.5) is 0 Å². The Morgan fingerprint density at radius 3 is 2.86 bits per heavy atom. The molecule has 2 aliphatic rings. The molecule has 0 radical (unpaired) electrons. The molecule has 0 spiro atoms. The molecule has 2 aromatic heterocycles. The Morgan fingerprint density at radius 2 is 2.07 bits per heavy atom. The summed E-state index contributed by atoms with van der Waals surface area (Å²) in [4.78, 5) is 12.3. The summed E-state index contributed by atoms with van der Waals surface area (Å²) in [6, 6.07) is 19.6. The van der Waals surface area contributed by atoms with Gasteiger partial charge in [0.15, 0.2) is 5.17 Å². The smallest absolute Gasteiger partial charge is 0.160 e. The van der Waals surface area contributed by atoms with E-state index in [0.717, 1.165) is 33.2 Å². The molecule has 2 aliphatic heterocycles. The molecule has 6 heteroatoms. The molecule has 1 aromatic carbocycles. The van der Waals surface area contributed by atoms with Gasteiger partial charge in [-0.3, -0.25) is 9.98 Å². The monoisotopic (exact) mass is 452 g/mol. The fourth-order valence-corrected chi connectivity index (χ4v) is 5.89. The predicted octanol–water partition coefficient (Wildman–Crippen LogP) is 5.61. The maximum atomic E-state index is 5.13. The van der Waals surface area contributed by atoms with Gasteiger partial charge in [0.25, 0.3) is 0 Å². The molecule has 0 aliphatic carbocycles. The van der Waals surface area contributed by atoms with E-state index < -0.39 is 0 Å². The summed E-state index contributed by atoms with van der Waals surface area (Å²) in [6.07, 6.45) is 5.14. The van der Waals surface area contributed by atoms with Crippen molar-refractivity contribution in [1.82, 2.24) is 14.5 Å². The number of aliphatic imine (C=N–C) groups is 1. The molecule has 0 amide bonds. The molecule has 1 saturated heterocycles.